The van der Waals surface area contributed by atoms with E-state index in [1.54, 1.807) is 11.8 Å². The lowest BCUT2D eigenvalue weighted by Gasteiger charge is -2.31. The average Bonchev–Trinajstić information content (AvgIpc) is 2.35. The first kappa shape index (κ1) is 14.3. The molecule has 6 nitrogen and oxygen atoms in total. The number of ether oxygens (including phenoxy) is 2. The zero-order chi connectivity index (χ0) is 13.4. The Balaban J connectivity index is 2.23. The van der Waals surface area contributed by atoms with E-state index in [1.165, 1.54) is 0 Å². The monoisotopic (exact) mass is 254 g/mol. The fraction of sp³-hybridized carbons (Fsp3) is 0.667. The maximum atomic E-state index is 11.6. The molecule has 0 radical (unpaired) electrons. The van der Waals surface area contributed by atoms with Gasteiger partial charge in [-0.05, 0) is 19.9 Å². The first-order valence-electron chi connectivity index (χ1n) is 5.89. The maximum Gasteiger partial charge on any atom is 0.410 e. The molecule has 1 fully saturated rings. The first-order valence-corrected chi connectivity index (χ1v) is 5.89. The van der Waals surface area contributed by atoms with Gasteiger partial charge >= 0.3 is 12.1 Å². The van der Waals surface area contributed by atoms with Crippen LogP contribution in [-0.2, 0) is 14.3 Å². The number of carbonyl (C=O) groups excluding carboxylic acids is 2. The second-order valence-electron chi connectivity index (χ2n) is 3.87. The van der Waals surface area contributed by atoms with E-state index in [2.05, 4.69) is 21.5 Å². The van der Waals surface area contributed by atoms with Gasteiger partial charge in [-0.2, -0.15) is 0 Å². The van der Waals surface area contributed by atoms with Gasteiger partial charge in [0.25, 0.3) is 0 Å². The Bertz CT molecular complexity index is 351. The van der Waals surface area contributed by atoms with Crippen LogP contribution in [0.5, 0.6) is 0 Å². The maximum absolute atomic E-state index is 11.6. The Morgan fingerprint density at radius 3 is 2.44 bits per heavy atom. The highest BCUT2D eigenvalue weighted by Crippen LogP contribution is 2.01. The molecule has 0 saturated carbocycles. The Kier molecular flexibility index (Phi) is 6.01. The topological polar surface area (TPSA) is 59.1 Å². The van der Waals surface area contributed by atoms with Crippen LogP contribution in [0.2, 0.25) is 0 Å². The van der Waals surface area contributed by atoms with E-state index in [0.29, 0.717) is 13.1 Å². The molecule has 0 bridgehead atoms. The third kappa shape index (κ3) is 5.06. The Hall–Kier alpha value is -1.74. The SMILES string of the molecule is CCOC(=O)C#CCOC(=O)N1CCN(C)CC1. The normalized spacial score (nSPS) is 15.6. The number of amides is 1. The van der Waals surface area contributed by atoms with Crippen molar-refractivity contribution < 1.29 is 19.1 Å². The zero-order valence-corrected chi connectivity index (χ0v) is 10.8. The van der Waals surface area contributed by atoms with Crippen LogP contribution in [0.25, 0.3) is 0 Å². The summed E-state index contributed by atoms with van der Waals surface area (Å²) in [7, 11) is 2.01. The van der Waals surface area contributed by atoms with Crippen LogP contribution in [0.15, 0.2) is 0 Å². The second-order valence-corrected chi connectivity index (χ2v) is 3.87. The van der Waals surface area contributed by atoms with Crippen molar-refractivity contribution in [1.82, 2.24) is 9.80 Å². The number of piperazine rings is 1. The summed E-state index contributed by atoms with van der Waals surface area (Å²) in [5, 5.41) is 0. The summed E-state index contributed by atoms with van der Waals surface area (Å²) in [5.41, 5.74) is 0. The van der Waals surface area contributed by atoms with E-state index < -0.39 is 5.97 Å². The molecule has 0 unspecified atom stereocenters. The van der Waals surface area contributed by atoms with E-state index in [1.807, 2.05) is 7.05 Å². The van der Waals surface area contributed by atoms with Gasteiger partial charge in [0.2, 0.25) is 0 Å². The lowest BCUT2D eigenvalue weighted by Crippen LogP contribution is -2.47. The Labute approximate surface area is 107 Å². The molecule has 0 N–H and O–H groups in total. The first-order chi connectivity index (χ1) is 8.63. The summed E-state index contributed by atoms with van der Waals surface area (Å²) < 4.78 is 9.54. The van der Waals surface area contributed by atoms with Crippen molar-refractivity contribution in [3.8, 4) is 11.8 Å². The Morgan fingerprint density at radius 1 is 1.17 bits per heavy atom. The van der Waals surface area contributed by atoms with Crippen LogP contribution < -0.4 is 0 Å². The van der Waals surface area contributed by atoms with E-state index in [0.717, 1.165) is 13.1 Å². The molecule has 0 aromatic carbocycles. The molecule has 1 heterocycles. The molecule has 0 aliphatic carbocycles. The van der Waals surface area contributed by atoms with Gasteiger partial charge in [0.15, 0.2) is 6.61 Å². The van der Waals surface area contributed by atoms with Crippen molar-refractivity contribution in [1.29, 1.82) is 0 Å². The fourth-order valence-corrected chi connectivity index (χ4v) is 1.45. The minimum Gasteiger partial charge on any atom is -0.456 e. The van der Waals surface area contributed by atoms with Crippen molar-refractivity contribution in [3.63, 3.8) is 0 Å². The molecule has 1 aliphatic heterocycles. The van der Waals surface area contributed by atoms with E-state index in [-0.39, 0.29) is 19.3 Å². The molecular formula is C12H18N2O4. The van der Waals surface area contributed by atoms with Gasteiger partial charge in [-0.25, -0.2) is 9.59 Å². The molecule has 1 rings (SSSR count). The minimum atomic E-state index is -0.604. The lowest BCUT2D eigenvalue weighted by molar-refractivity contribution is -0.136. The standard InChI is InChI=1S/C12H18N2O4/c1-3-17-11(15)5-4-10-18-12(16)14-8-6-13(2)7-9-14/h3,6-10H2,1-2H3. The molecule has 18 heavy (non-hydrogen) atoms. The summed E-state index contributed by atoms with van der Waals surface area (Å²) >= 11 is 0. The number of carbonyl (C=O) groups is 2. The van der Waals surface area contributed by atoms with Gasteiger partial charge in [-0.15, -0.1) is 0 Å². The van der Waals surface area contributed by atoms with E-state index in [4.69, 9.17) is 4.74 Å². The quantitative estimate of drug-likeness (QED) is 0.392. The summed E-state index contributed by atoms with van der Waals surface area (Å²) in [5.74, 6) is 4.07. The fourth-order valence-electron chi connectivity index (χ4n) is 1.45. The summed E-state index contributed by atoms with van der Waals surface area (Å²) in [6.45, 7) is 4.88. The number of hydrogen-bond donors (Lipinski definition) is 0. The predicted molar refractivity (Wildman–Crippen MR) is 64.8 cm³/mol. The molecule has 100 valence electrons. The number of hydrogen-bond acceptors (Lipinski definition) is 5. The van der Waals surface area contributed by atoms with Crippen LogP contribution >= 0.6 is 0 Å². The highest BCUT2D eigenvalue weighted by Gasteiger charge is 2.19. The number of rotatable bonds is 2. The molecule has 0 atom stereocenters. The number of esters is 1. The highest BCUT2D eigenvalue weighted by atomic mass is 16.6. The minimum absolute atomic E-state index is 0.0933. The average molecular weight is 254 g/mol. The van der Waals surface area contributed by atoms with Crippen LogP contribution in [0, 0.1) is 11.8 Å². The van der Waals surface area contributed by atoms with Crippen molar-refractivity contribution in [3.05, 3.63) is 0 Å². The molecule has 0 spiro atoms. The van der Waals surface area contributed by atoms with Gasteiger partial charge < -0.3 is 19.3 Å². The van der Waals surface area contributed by atoms with Crippen LogP contribution in [-0.4, -0.2) is 68.3 Å². The van der Waals surface area contributed by atoms with E-state index >= 15 is 0 Å². The van der Waals surface area contributed by atoms with Gasteiger partial charge in [0.1, 0.15) is 0 Å². The molecule has 0 aromatic rings. The van der Waals surface area contributed by atoms with Gasteiger partial charge in [0.05, 0.1) is 6.61 Å². The van der Waals surface area contributed by atoms with Crippen LogP contribution in [0.3, 0.4) is 0 Å². The molecular weight excluding hydrogens is 236 g/mol. The summed E-state index contributed by atoms with van der Waals surface area (Å²) in [6.07, 6.45) is -0.388. The van der Waals surface area contributed by atoms with Crippen LogP contribution in [0.1, 0.15) is 6.92 Å². The molecule has 1 amide bonds. The van der Waals surface area contributed by atoms with Crippen LogP contribution in [0.4, 0.5) is 4.79 Å². The zero-order valence-electron chi connectivity index (χ0n) is 10.8. The lowest BCUT2D eigenvalue weighted by atomic mass is 10.3. The summed E-state index contributed by atoms with van der Waals surface area (Å²) in [4.78, 5) is 26.2. The number of likely N-dealkylation sites (N-methyl/N-ethyl adjacent to an activating group) is 1. The number of nitrogens with zero attached hydrogens (tertiary/aromatic N) is 2. The van der Waals surface area contributed by atoms with Crippen molar-refractivity contribution in [2.75, 3.05) is 46.4 Å². The summed E-state index contributed by atoms with van der Waals surface area (Å²) in [6, 6.07) is 0. The second kappa shape index (κ2) is 7.56. The van der Waals surface area contributed by atoms with Crippen molar-refractivity contribution >= 4 is 12.1 Å². The third-order valence-corrected chi connectivity index (χ3v) is 2.50. The molecule has 0 aromatic heterocycles. The highest BCUT2D eigenvalue weighted by molar-refractivity contribution is 5.88. The van der Waals surface area contributed by atoms with Crippen molar-refractivity contribution in [2.45, 2.75) is 6.92 Å². The smallest absolute Gasteiger partial charge is 0.410 e. The Morgan fingerprint density at radius 2 is 1.83 bits per heavy atom. The predicted octanol–water partition coefficient (Wildman–Crippen LogP) is -0.0631. The molecule has 1 aliphatic rings. The van der Waals surface area contributed by atoms with Gasteiger partial charge in [-0.3, -0.25) is 0 Å². The van der Waals surface area contributed by atoms with Gasteiger partial charge in [0, 0.05) is 32.1 Å². The van der Waals surface area contributed by atoms with Gasteiger partial charge in [-0.1, -0.05) is 0 Å². The molecule has 1 saturated heterocycles. The van der Waals surface area contributed by atoms with Crippen molar-refractivity contribution in [2.24, 2.45) is 0 Å². The molecule has 6 heteroatoms. The third-order valence-electron chi connectivity index (χ3n) is 2.50. The van der Waals surface area contributed by atoms with E-state index in [9.17, 15) is 9.59 Å². The largest absolute Gasteiger partial charge is 0.456 e.